The molecule has 1 heterocycles. The van der Waals surface area contributed by atoms with Gasteiger partial charge in [-0.3, -0.25) is 4.79 Å². The van der Waals surface area contributed by atoms with E-state index in [1.165, 1.54) is 38.5 Å². The molecule has 1 aromatic rings. The van der Waals surface area contributed by atoms with Crippen LogP contribution in [0, 0.1) is 5.92 Å². The summed E-state index contributed by atoms with van der Waals surface area (Å²) in [7, 11) is 1.54. The molecule has 0 unspecified atom stereocenters. The van der Waals surface area contributed by atoms with Crippen molar-refractivity contribution in [3.8, 4) is 0 Å². The van der Waals surface area contributed by atoms with E-state index in [0.717, 1.165) is 18.8 Å². The molecule has 2 rings (SSSR count). The molecule has 1 aromatic heterocycles. The van der Waals surface area contributed by atoms with E-state index in [1.54, 1.807) is 7.05 Å². The lowest BCUT2D eigenvalue weighted by molar-refractivity contribution is -0.155. The van der Waals surface area contributed by atoms with Crippen molar-refractivity contribution >= 4 is 12.0 Å². The Kier molecular flexibility index (Phi) is 12.2. The van der Waals surface area contributed by atoms with E-state index in [9.17, 15) is 9.59 Å². The van der Waals surface area contributed by atoms with Crippen LogP contribution in [0.5, 0.6) is 0 Å². The molecule has 0 radical (unpaired) electrons. The monoisotopic (exact) mass is 438 g/mol. The third kappa shape index (κ3) is 11.2. The van der Waals surface area contributed by atoms with Gasteiger partial charge in [0.25, 0.3) is 0 Å². The molecule has 0 saturated heterocycles. The van der Waals surface area contributed by atoms with Crippen LogP contribution in [0.1, 0.15) is 110 Å². The summed E-state index contributed by atoms with van der Waals surface area (Å²) in [4.78, 5) is 28.1. The van der Waals surface area contributed by atoms with Crippen LogP contribution in [0.3, 0.4) is 0 Å². The number of ether oxygens (including phenoxy) is 1. The Morgan fingerprint density at radius 3 is 2.48 bits per heavy atom. The van der Waals surface area contributed by atoms with Crippen molar-refractivity contribution in [3.05, 3.63) is 11.7 Å². The summed E-state index contributed by atoms with van der Waals surface area (Å²) in [6.07, 6.45) is 9.85. The Balaban J connectivity index is 0.00000233. The van der Waals surface area contributed by atoms with Gasteiger partial charge in [0, 0.05) is 13.0 Å². The molecule has 2 amide bonds. The molecule has 0 aromatic carbocycles. The third-order valence-electron chi connectivity index (χ3n) is 5.19. The van der Waals surface area contributed by atoms with Gasteiger partial charge in [0.1, 0.15) is 5.60 Å². The Hall–Kier alpha value is -2.12. The summed E-state index contributed by atoms with van der Waals surface area (Å²) in [5.41, 5.74) is -0.527. The van der Waals surface area contributed by atoms with E-state index in [-0.39, 0.29) is 30.9 Å². The van der Waals surface area contributed by atoms with E-state index < -0.39 is 5.60 Å². The summed E-state index contributed by atoms with van der Waals surface area (Å²) in [5.74, 6) is 1.19. The van der Waals surface area contributed by atoms with Crippen molar-refractivity contribution in [2.45, 2.75) is 110 Å². The van der Waals surface area contributed by atoms with Crippen LogP contribution >= 0.6 is 0 Å². The van der Waals surface area contributed by atoms with E-state index in [0.29, 0.717) is 11.7 Å². The Morgan fingerprint density at radius 1 is 1.19 bits per heavy atom. The summed E-state index contributed by atoms with van der Waals surface area (Å²) >= 11 is 0. The zero-order chi connectivity index (χ0) is 23.3. The maximum absolute atomic E-state index is 12.4. The van der Waals surface area contributed by atoms with Crippen LogP contribution in [-0.2, 0) is 16.1 Å². The topological polar surface area (TPSA) is 106 Å². The number of hydrogen-bond donors (Lipinski definition) is 2. The number of esters is 1. The molecule has 1 aliphatic rings. The molecule has 1 saturated carbocycles. The number of hydrogen-bond acceptors (Lipinski definition) is 6. The van der Waals surface area contributed by atoms with E-state index >= 15 is 0 Å². The normalized spacial score (nSPS) is 15.4. The number of urea groups is 1. The number of nitrogens with zero attached hydrogens (tertiary/aromatic N) is 2. The van der Waals surface area contributed by atoms with Gasteiger partial charge in [0.05, 0.1) is 13.0 Å². The van der Waals surface area contributed by atoms with Crippen molar-refractivity contribution in [2.75, 3.05) is 7.05 Å². The SMILES string of the molecule is CC.CNC(=O)NCc1noc([C@H](CCCC2CCCCC2)CC(=O)OC(C)(C)C)n1. The zero-order valence-electron chi connectivity index (χ0n) is 20.3. The second kappa shape index (κ2) is 14.0. The average Bonchev–Trinajstić information content (AvgIpc) is 3.21. The van der Waals surface area contributed by atoms with Gasteiger partial charge in [0.15, 0.2) is 5.82 Å². The Bertz CT molecular complexity index is 648. The highest BCUT2D eigenvalue weighted by atomic mass is 16.6. The second-order valence-corrected chi connectivity index (χ2v) is 8.90. The second-order valence-electron chi connectivity index (χ2n) is 8.90. The summed E-state index contributed by atoms with van der Waals surface area (Å²) < 4.78 is 10.9. The molecule has 0 bridgehead atoms. The molecule has 178 valence electrons. The van der Waals surface area contributed by atoms with Gasteiger partial charge in [-0.2, -0.15) is 4.98 Å². The first kappa shape index (κ1) is 26.9. The molecule has 0 spiro atoms. The van der Waals surface area contributed by atoms with Crippen molar-refractivity contribution in [1.29, 1.82) is 0 Å². The van der Waals surface area contributed by atoms with Gasteiger partial charge in [0.2, 0.25) is 5.89 Å². The minimum Gasteiger partial charge on any atom is -0.460 e. The Labute approximate surface area is 187 Å². The molecule has 2 N–H and O–H groups in total. The predicted octanol–water partition coefficient (Wildman–Crippen LogP) is 5.09. The fraction of sp³-hybridized carbons (Fsp3) is 0.826. The molecular weight excluding hydrogens is 396 g/mol. The number of carbonyl (C=O) groups is 2. The standard InChI is InChI=1S/C21H36N4O4.C2H6/c1-21(2,3)28-18(26)13-16(12-8-11-15-9-6-5-7-10-15)19-24-17(25-29-19)14-23-20(27)22-4;1-2/h15-16H,5-14H2,1-4H3,(H2,22,23,27);1-2H3/t16-;/m1./s1. The Morgan fingerprint density at radius 2 is 1.87 bits per heavy atom. The quantitative estimate of drug-likeness (QED) is 0.520. The lowest BCUT2D eigenvalue weighted by Gasteiger charge is -2.23. The number of rotatable bonds is 9. The molecule has 31 heavy (non-hydrogen) atoms. The van der Waals surface area contributed by atoms with Crippen LogP contribution in [0.2, 0.25) is 0 Å². The maximum atomic E-state index is 12.4. The van der Waals surface area contributed by atoms with E-state index in [1.807, 2.05) is 34.6 Å². The molecule has 1 fully saturated rings. The number of amides is 2. The summed E-state index contributed by atoms with van der Waals surface area (Å²) in [6, 6.07) is -0.311. The fourth-order valence-electron chi connectivity index (χ4n) is 3.78. The zero-order valence-corrected chi connectivity index (χ0v) is 20.3. The first-order valence-electron chi connectivity index (χ1n) is 11.8. The average molecular weight is 439 g/mol. The van der Waals surface area contributed by atoms with Gasteiger partial charge in [-0.15, -0.1) is 0 Å². The lowest BCUT2D eigenvalue weighted by Crippen LogP contribution is -2.32. The molecule has 1 atom stereocenters. The minimum atomic E-state index is -0.527. The van der Waals surface area contributed by atoms with Crippen LogP contribution in [0.15, 0.2) is 4.52 Å². The van der Waals surface area contributed by atoms with Crippen molar-refractivity contribution in [3.63, 3.8) is 0 Å². The predicted molar refractivity (Wildman–Crippen MR) is 121 cm³/mol. The summed E-state index contributed by atoms with van der Waals surface area (Å²) in [5, 5.41) is 9.05. The molecule has 8 heteroatoms. The summed E-state index contributed by atoms with van der Waals surface area (Å²) in [6.45, 7) is 9.75. The molecule has 1 aliphatic carbocycles. The van der Waals surface area contributed by atoms with Gasteiger partial charge >= 0.3 is 12.0 Å². The van der Waals surface area contributed by atoms with Crippen molar-refractivity contribution < 1.29 is 18.8 Å². The smallest absolute Gasteiger partial charge is 0.314 e. The number of nitrogens with one attached hydrogen (secondary N) is 2. The molecular formula is C23H42N4O4. The minimum absolute atomic E-state index is 0.171. The van der Waals surface area contributed by atoms with Crippen LogP contribution in [-0.4, -0.2) is 34.8 Å². The van der Waals surface area contributed by atoms with Gasteiger partial charge < -0.3 is 19.9 Å². The highest BCUT2D eigenvalue weighted by molar-refractivity contribution is 5.73. The van der Waals surface area contributed by atoms with Crippen LogP contribution in [0.4, 0.5) is 4.79 Å². The fourth-order valence-corrected chi connectivity index (χ4v) is 3.78. The molecule has 8 nitrogen and oxygen atoms in total. The largest absolute Gasteiger partial charge is 0.460 e. The van der Waals surface area contributed by atoms with Gasteiger partial charge in [-0.25, -0.2) is 4.79 Å². The van der Waals surface area contributed by atoms with Gasteiger partial charge in [-0.05, 0) is 33.1 Å². The molecule has 0 aliphatic heterocycles. The van der Waals surface area contributed by atoms with E-state index in [4.69, 9.17) is 9.26 Å². The van der Waals surface area contributed by atoms with Crippen molar-refractivity contribution in [1.82, 2.24) is 20.8 Å². The highest BCUT2D eigenvalue weighted by Gasteiger charge is 2.26. The first-order chi connectivity index (χ1) is 14.8. The van der Waals surface area contributed by atoms with Crippen molar-refractivity contribution in [2.24, 2.45) is 5.92 Å². The number of aromatic nitrogens is 2. The maximum Gasteiger partial charge on any atom is 0.314 e. The number of carbonyl (C=O) groups excluding carboxylic acids is 2. The third-order valence-corrected chi connectivity index (χ3v) is 5.19. The van der Waals surface area contributed by atoms with Gasteiger partial charge in [-0.1, -0.05) is 63.9 Å². The highest BCUT2D eigenvalue weighted by Crippen LogP contribution is 2.31. The lowest BCUT2D eigenvalue weighted by atomic mass is 9.84. The van der Waals surface area contributed by atoms with Crippen LogP contribution < -0.4 is 10.6 Å². The first-order valence-corrected chi connectivity index (χ1v) is 11.8. The van der Waals surface area contributed by atoms with E-state index in [2.05, 4.69) is 20.8 Å². The van der Waals surface area contributed by atoms with Crippen LogP contribution in [0.25, 0.3) is 0 Å².